The molecule has 126 valence electrons. The Labute approximate surface area is 141 Å². The van der Waals surface area contributed by atoms with E-state index in [-0.39, 0.29) is 11.9 Å². The Hall–Kier alpha value is -2.40. The van der Waals surface area contributed by atoms with Crippen LogP contribution >= 0.6 is 0 Å². The summed E-state index contributed by atoms with van der Waals surface area (Å²) in [5.41, 5.74) is 1.92. The standard InChI is InChI=1S/C19H21FN2O2/c1-21-11-5-8-16(21)13-22(19(23)24)18-10-9-15(20)12-17(18)14-6-3-2-4-7-14/h2-4,6-7,9-10,12,16H,5,8,11,13H2,1H3,(H,23,24)/t16-/m0/s1. The molecule has 0 unspecified atom stereocenters. The molecule has 0 aliphatic carbocycles. The van der Waals surface area contributed by atoms with Gasteiger partial charge in [-0.1, -0.05) is 30.3 Å². The smallest absolute Gasteiger partial charge is 0.411 e. The Morgan fingerprint density at radius 3 is 2.67 bits per heavy atom. The van der Waals surface area contributed by atoms with Gasteiger partial charge in [-0.2, -0.15) is 0 Å². The predicted molar refractivity (Wildman–Crippen MR) is 92.9 cm³/mol. The number of anilines is 1. The zero-order chi connectivity index (χ0) is 17.1. The minimum Gasteiger partial charge on any atom is -0.465 e. The molecule has 1 fully saturated rings. The number of carboxylic acid groups (broad SMARTS) is 1. The highest BCUT2D eigenvalue weighted by atomic mass is 19.1. The first-order valence-corrected chi connectivity index (χ1v) is 8.12. The van der Waals surface area contributed by atoms with Crippen LogP contribution in [0.2, 0.25) is 0 Å². The van der Waals surface area contributed by atoms with Crippen molar-refractivity contribution in [1.29, 1.82) is 0 Å². The fourth-order valence-corrected chi connectivity index (χ4v) is 3.29. The van der Waals surface area contributed by atoms with Crippen molar-refractivity contribution < 1.29 is 14.3 Å². The van der Waals surface area contributed by atoms with Gasteiger partial charge in [-0.25, -0.2) is 9.18 Å². The average molecular weight is 328 g/mol. The van der Waals surface area contributed by atoms with E-state index in [1.54, 1.807) is 6.07 Å². The molecule has 1 atom stereocenters. The molecule has 0 spiro atoms. The molecular formula is C19H21FN2O2. The summed E-state index contributed by atoms with van der Waals surface area (Å²) in [6.45, 7) is 1.37. The highest BCUT2D eigenvalue weighted by Crippen LogP contribution is 2.32. The molecular weight excluding hydrogens is 307 g/mol. The number of likely N-dealkylation sites (tertiary alicyclic amines) is 1. The molecule has 5 heteroatoms. The molecule has 24 heavy (non-hydrogen) atoms. The van der Waals surface area contributed by atoms with Crippen LogP contribution in [0.25, 0.3) is 11.1 Å². The van der Waals surface area contributed by atoms with E-state index in [1.165, 1.54) is 17.0 Å². The molecule has 4 nitrogen and oxygen atoms in total. The number of nitrogens with zero attached hydrogens (tertiary/aromatic N) is 2. The van der Waals surface area contributed by atoms with Crippen LogP contribution in [0.3, 0.4) is 0 Å². The van der Waals surface area contributed by atoms with E-state index in [4.69, 9.17) is 0 Å². The number of amides is 1. The fraction of sp³-hybridized carbons (Fsp3) is 0.316. The van der Waals surface area contributed by atoms with Crippen molar-refractivity contribution in [2.24, 2.45) is 0 Å². The van der Waals surface area contributed by atoms with Crippen molar-refractivity contribution in [3.05, 3.63) is 54.3 Å². The molecule has 3 rings (SSSR count). The highest BCUT2D eigenvalue weighted by molar-refractivity contribution is 5.93. The average Bonchev–Trinajstić information content (AvgIpc) is 2.98. The van der Waals surface area contributed by atoms with Crippen LogP contribution in [-0.2, 0) is 0 Å². The maximum atomic E-state index is 13.8. The maximum Gasteiger partial charge on any atom is 0.411 e. The molecule has 2 aromatic carbocycles. The number of benzene rings is 2. The topological polar surface area (TPSA) is 43.8 Å². The summed E-state index contributed by atoms with van der Waals surface area (Å²) in [7, 11) is 2.01. The van der Waals surface area contributed by atoms with Gasteiger partial charge in [-0.05, 0) is 50.2 Å². The van der Waals surface area contributed by atoms with Gasteiger partial charge in [0.05, 0.1) is 5.69 Å². The fourth-order valence-electron chi connectivity index (χ4n) is 3.29. The molecule has 2 aromatic rings. The van der Waals surface area contributed by atoms with E-state index in [9.17, 15) is 14.3 Å². The third-order valence-corrected chi connectivity index (χ3v) is 4.63. The Kier molecular flexibility index (Phi) is 4.81. The van der Waals surface area contributed by atoms with E-state index in [0.717, 1.165) is 24.9 Å². The molecule has 0 saturated carbocycles. The van der Waals surface area contributed by atoms with Crippen molar-refractivity contribution in [2.75, 3.05) is 25.0 Å². The normalized spacial score (nSPS) is 17.8. The summed E-state index contributed by atoms with van der Waals surface area (Å²) in [5, 5.41) is 9.73. The van der Waals surface area contributed by atoms with Gasteiger partial charge in [-0.3, -0.25) is 4.90 Å². The van der Waals surface area contributed by atoms with E-state index in [2.05, 4.69) is 4.90 Å². The van der Waals surface area contributed by atoms with Gasteiger partial charge in [-0.15, -0.1) is 0 Å². The Morgan fingerprint density at radius 2 is 2.04 bits per heavy atom. The second-order valence-corrected chi connectivity index (χ2v) is 6.20. The first kappa shape index (κ1) is 16.5. The number of halogens is 1. The Balaban J connectivity index is 2.00. The molecule has 1 heterocycles. The van der Waals surface area contributed by atoms with Crippen LogP contribution in [0.5, 0.6) is 0 Å². The van der Waals surface area contributed by atoms with Gasteiger partial charge >= 0.3 is 6.09 Å². The third-order valence-electron chi connectivity index (χ3n) is 4.63. The second kappa shape index (κ2) is 7.01. The number of rotatable bonds is 4. The number of hydrogen-bond acceptors (Lipinski definition) is 2. The lowest BCUT2D eigenvalue weighted by Crippen LogP contribution is -2.41. The van der Waals surface area contributed by atoms with Crippen LogP contribution in [0.4, 0.5) is 14.9 Å². The maximum absolute atomic E-state index is 13.8. The SMILES string of the molecule is CN1CCC[C@H]1CN(C(=O)O)c1ccc(F)cc1-c1ccccc1. The van der Waals surface area contributed by atoms with Gasteiger partial charge < -0.3 is 10.0 Å². The van der Waals surface area contributed by atoms with Crippen molar-refractivity contribution in [1.82, 2.24) is 4.90 Å². The lowest BCUT2D eigenvalue weighted by atomic mass is 10.0. The lowest BCUT2D eigenvalue weighted by molar-refractivity contribution is 0.198. The lowest BCUT2D eigenvalue weighted by Gasteiger charge is -2.28. The van der Waals surface area contributed by atoms with Crippen LogP contribution in [0.1, 0.15) is 12.8 Å². The minimum atomic E-state index is -1.01. The van der Waals surface area contributed by atoms with Crippen molar-refractivity contribution >= 4 is 11.8 Å². The molecule has 0 bridgehead atoms. The zero-order valence-corrected chi connectivity index (χ0v) is 13.7. The zero-order valence-electron chi connectivity index (χ0n) is 13.7. The molecule has 1 aliphatic heterocycles. The summed E-state index contributed by atoms with van der Waals surface area (Å²) in [4.78, 5) is 15.4. The van der Waals surface area contributed by atoms with Gasteiger partial charge in [0.2, 0.25) is 0 Å². The summed E-state index contributed by atoms with van der Waals surface area (Å²) in [6, 6.07) is 13.8. The first-order valence-electron chi connectivity index (χ1n) is 8.12. The van der Waals surface area contributed by atoms with E-state index in [1.807, 2.05) is 37.4 Å². The number of hydrogen-bond donors (Lipinski definition) is 1. The van der Waals surface area contributed by atoms with E-state index < -0.39 is 6.09 Å². The van der Waals surface area contributed by atoms with Crippen molar-refractivity contribution in [3.63, 3.8) is 0 Å². The van der Waals surface area contributed by atoms with Crippen LogP contribution < -0.4 is 4.90 Å². The summed E-state index contributed by atoms with van der Waals surface area (Å²) in [5.74, 6) is -0.374. The number of carbonyl (C=O) groups is 1. The Bertz CT molecular complexity index is 721. The monoisotopic (exact) mass is 328 g/mol. The summed E-state index contributed by atoms with van der Waals surface area (Å²) < 4.78 is 13.8. The highest BCUT2D eigenvalue weighted by Gasteiger charge is 2.27. The quantitative estimate of drug-likeness (QED) is 0.920. The largest absolute Gasteiger partial charge is 0.465 e. The summed E-state index contributed by atoms with van der Waals surface area (Å²) >= 11 is 0. The van der Waals surface area contributed by atoms with E-state index >= 15 is 0 Å². The van der Waals surface area contributed by atoms with Crippen LogP contribution in [0, 0.1) is 5.82 Å². The van der Waals surface area contributed by atoms with Crippen LogP contribution in [0.15, 0.2) is 48.5 Å². The van der Waals surface area contributed by atoms with Crippen molar-refractivity contribution in [2.45, 2.75) is 18.9 Å². The molecule has 0 aromatic heterocycles. The molecule has 1 N–H and O–H groups in total. The minimum absolute atomic E-state index is 0.190. The van der Waals surface area contributed by atoms with Crippen molar-refractivity contribution in [3.8, 4) is 11.1 Å². The predicted octanol–water partition coefficient (Wildman–Crippen LogP) is 4.07. The summed E-state index contributed by atoms with van der Waals surface area (Å²) in [6.07, 6.45) is 1.03. The second-order valence-electron chi connectivity index (χ2n) is 6.20. The van der Waals surface area contributed by atoms with Crippen LogP contribution in [-0.4, -0.2) is 42.3 Å². The number of likely N-dealkylation sites (N-methyl/N-ethyl adjacent to an activating group) is 1. The molecule has 1 saturated heterocycles. The first-order chi connectivity index (χ1) is 11.6. The van der Waals surface area contributed by atoms with Gasteiger partial charge in [0.25, 0.3) is 0 Å². The van der Waals surface area contributed by atoms with Gasteiger partial charge in [0, 0.05) is 18.2 Å². The van der Waals surface area contributed by atoms with E-state index in [0.29, 0.717) is 17.8 Å². The van der Waals surface area contributed by atoms with Gasteiger partial charge in [0.1, 0.15) is 5.82 Å². The third kappa shape index (κ3) is 3.41. The molecule has 1 aliphatic rings. The molecule has 0 radical (unpaired) electrons. The van der Waals surface area contributed by atoms with Gasteiger partial charge in [0.15, 0.2) is 0 Å². The Morgan fingerprint density at radius 1 is 1.29 bits per heavy atom. The molecule has 1 amide bonds.